The van der Waals surface area contributed by atoms with E-state index >= 15 is 0 Å². The van der Waals surface area contributed by atoms with Crippen LogP contribution in [0.25, 0.3) is 0 Å². The molecule has 1 aliphatic heterocycles. The SMILES string of the molecule is Cc1ccc(NCCc2ccc3c(c2)OCCO3)c(N)c1. The van der Waals surface area contributed by atoms with Crippen LogP contribution in [-0.2, 0) is 6.42 Å². The molecule has 2 aromatic carbocycles. The summed E-state index contributed by atoms with van der Waals surface area (Å²) in [5.74, 6) is 1.68. The molecule has 0 saturated heterocycles. The van der Waals surface area contributed by atoms with E-state index in [1.54, 1.807) is 0 Å². The van der Waals surface area contributed by atoms with E-state index in [1.165, 1.54) is 11.1 Å². The van der Waals surface area contributed by atoms with Gasteiger partial charge in [0, 0.05) is 6.54 Å². The Balaban J connectivity index is 1.60. The molecule has 0 amide bonds. The van der Waals surface area contributed by atoms with Gasteiger partial charge in [-0.25, -0.2) is 0 Å². The van der Waals surface area contributed by atoms with Gasteiger partial charge in [-0.1, -0.05) is 12.1 Å². The molecule has 0 aliphatic carbocycles. The first-order valence-corrected chi connectivity index (χ1v) is 7.21. The van der Waals surface area contributed by atoms with Gasteiger partial charge < -0.3 is 20.5 Å². The van der Waals surface area contributed by atoms with Crippen LogP contribution in [0.5, 0.6) is 11.5 Å². The molecule has 3 N–H and O–H groups in total. The van der Waals surface area contributed by atoms with Crippen molar-refractivity contribution in [3.8, 4) is 11.5 Å². The molecule has 0 unspecified atom stereocenters. The smallest absolute Gasteiger partial charge is 0.161 e. The number of aryl methyl sites for hydroxylation is 1. The lowest BCUT2D eigenvalue weighted by atomic mass is 10.1. The Bertz CT molecular complexity index is 641. The van der Waals surface area contributed by atoms with Crippen molar-refractivity contribution in [2.75, 3.05) is 30.8 Å². The highest BCUT2D eigenvalue weighted by Gasteiger charge is 2.11. The Kier molecular flexibility index (Phi) is 3.86. The molecule has 0 radical (unpaired) electrons. The normalized spacial score (nSPS) is 13.0. The number of hydrogen-bond acceptors (Lipinski definition) is 4. The molecule has 0 saturated carbocycles. The summed E-state index contributed by atoms with van der Waals surface area (Å²) in [6, 6.07) is 12.2. The minimum atomic E-state index is 0.620. The third kappa shape index (κ3) is 3.21. The van der Waals surface area contributed by atoms with Gasteiger partial charge in [0.1, 0.15) is 13.2 Å². The average Bonchev–Trinajstić information content (AvgIpc) is 2.49. The fourth-order valence-electron chi connectivity index (χ4n) is 2.43. The van der Waals surface area contributed by atoms with Crippen LogP contribution in [0.2, 0.25) is 0 Å². The third-order valence-electron chi connectivity index (χ3n) is 3.54. The first-order valence-electron chi connectivity index (χ1n) is 7.21. The second-order valence-electron chi connectivity index (χ2n) is 5.25. The Morgan fingerprint density at radius 1 is 1.05 bits per heavy atom. The number of anilines is 2. The minimum absolute atomic E-state index is 0.620. The second-order valence-corrected chi connectivity index (χ2v) is 5.25. The van der Waals surface area contributed by atoms with E-state index < -0.39 is 0 Å². The number of benzene rings is 2. The average molecular weight is 284 g/mol. The molecule has 2 aromatic rings. The van der Waals surface area contributed by atoms with Crippen molar-refractivity contribution in [1.82, 2.24) is 0 Å². The van der Waals surface area contributed by atoms with E-state index in [0.717, 1.165) is 35.8 Å². The van der Waals surface area contributed by atoms with Crippen LogP contribution in [0, 0.1) is 6.92 Å². The van der Waals surface area contributed by atoms with E-state index in [4.69, 9.17) is 15.2 Å². The van der Waals surface area contributed by atoms with Crippen LogP contribution >= 0.6 is 0 Å². The first-order chi connectivity index (χ1) is 10.2. The molecule has 4 heteroatoms. The fraction of sp³-hybridized carbons (Fsp3) is 0.294. The molecule has 0 aromatic heterocycles. The number of nitrogens with two attached hydrogens (primary N) is 1. The van der Waals surface area contributed by atoms with Crippen molar-refractivity contribution in [2.45, 2.75) is 13.3 Å². The van der Waals surface area contributed by atoms with E-state index in [-0.39, 0.29) is 0 Å². The molecule has 21 heavy (non-hydrogen) atoms. The third-order valence-corrected chi connectivity index (χ3v) is 3.54. The highest BCUT2D eigenvalue weighted by atomic mass is 16.6. The summed E-state index contributed by atoms with van der Waals surface area (Å²) in [6.45, 7) is 4.11. The monoisotopic (exact) mass is 284 g/mol. The van der Waals surface area contributed by atoms with Crippen LogP contribution in [-0.4, -0.2) is 19.8 Å². The summed E-state index contributed by atoms with van der Waals surface area (Å²) in [7, 11) is 0. The zero-order valence-electron chi connectivity index (χ0n) is 12.2. The summed E-state index contributed by atoms with van der Waals surface area (Å²) < 4.78 is 11.1. The lowest BCUT2D eigenvalue weighted by Gasteiger charge is -2.19. The predicted molar refractivity (Wildman–Crippen MR) is 85.2 cm³/mol. The van der Waals surface area contributed by atoms with E-state index in [2.05, 4.69) is 23.5 Å². The van der Waals surface area contributed by atoms with Crippen LogP contribution in [0.4, 0.5) is 11.4 Å². The summed E-state index contributed by atoms with van der Waals surface area (Å²) in [5.41, 5.74) is 10.2. The number of ether oxygens (including phenoxy) is 2. The molecule has 1 heterocycles. The maximum Gasteiger partial charge on any atom is 0.161 e. The molecule has 0 bridgehead atoms. The molecular weight excluding hydrogens is 264 g/mol. The van der Waals surface area contributed by atoms with Gasteiger partial charge in [0.25, 0.3) is 0 Å². The van der Waals surface area contributed by atoms with Gasteiger partial charge in [-0.3, -0.25) is 0 Å². The van der Waals surface area contributed by atoms with Gasteiger partial charge in [0.15, 0.2) is 11.5 Å². The van der Waals surface area contributed by atoms with Gasteiger partial charge in [0.2, 0.25) is 0 Å². The molecule has 3 rings (SSSR count). The zero-order chi connectivity index (χ0) is 14.7. The molecule has 0 spiro atoms. The topological polar surface area (TPSA) is 56.5 Å². The fourth-order valence-corrected chi connectivity index (χ4v) is 2.43. The number of hydrogen-bond donors (Lipinski definition) is 2. The zero-order valence-corrected chi connectivity index (χ0v) is 12.2. The lowest BCUT2D eigenvalue weighted by Crippen LogP contribution is -2.15. The van der Waals surface area contributed by atoms with Crippen molar-refractivity contribution in [1.29, 1.82) is 0 Å². The molecule has 4 nitrogen and oxygen atoms in total. The molecule has 110 valence electrons. The van der Waals surface area contributed by atoms with E-state index in [1.807, 2.05) is 25.1 Å². The Labute approximate surface area is 124 Å². The number of fused-ring (bicyclic) bond motifs is 1. The number of nitrogen functional groups attached to an aromatic ring is 1. The van der Waals surface area contributed by atoms with Crippen molar-refractivity contribution >= 4 is 11.4 Å². The quantitative estimate of drug-likeness (QED) is 0.847. The Morgan fingerprint density at radius 2 is 1.86 bits per heavy atom. The van der Waals surface area contributed by atoms with Crippen molar-refractivity contribution in [3.63, 3.8) is 0 Å². The maximum absolute atomic E-state index is 5.99. The largest absolute Gasteiger partial charge is 0.486 e. The predicted octanol–water partition coefficient (Wildman–Crippen LogP) is 3.00. The van der Waals surface area contributed by atoms with Crippen LogP contribution in [0.1, 0.15) is 11.1 Å². The van der Waals surface area contributed by atoms with Gasteiger partial charge in [-0.05, 0) is 48.7 Å². The van der Waals surface area contributed by atoms with Gasteiger partial charge >= 0.3 is 0 Å². The number of nitrogens with one attached hydrogen (secondary N) is 1. The van der Waals surface area contributed by atoms with Crippen molar-refractivity contribution in [2.24, 2.45) is 0 Å². The van der Waals surface area contributed by atoms with Crippen molar-refractivity contribution < 1.29 is 9.47 Å². The van der Waals surface area contributed by atoms with Gasteiger partial charge in [-0.15, -0.1) is 0 Å². The Hall–Kier alpha value is -2.36. The summed E-state index contributed by atoms with van der Waals surface area (Å²) in [5, 5.41) is 3.37. The second kappa shape index (κ2) is 5.95. The molecule has 0 fully saturated rings. The highest BCUT2D eigenvalue weighted by Crippen LogP contribution is 2.30. The van der Waals surface area contributed by atoms with Crippen LogP contribution in [0.3, 0.4) is 0 Å². The summed E-state index contributed by atoms with van der Waals surface area (Å²) in [4.78, 5) is 0. The summed E-state index contributed by atoms with van der Waals surface area (Å²) >= 11 is 0. The van der Waals surface area contributed by atoms with Crippen molar-refractivity contribution in [3.05, 3.63) is 47.5 Å². The first kappa shape index (κ1) is 13.6. The minimum Gasteiger partial charge on any atom is -0.486 e. The molecule has 1 aliphatic rings. The number of rotatable bonds is 4. The van der Waals surface area contributed by atoms with Gasteiger partial charge in [-0.2, -0.15) is 0 Å². The van der Waals surface area contributed by atoms with Gasteiger partial charge in [0.05, 0.1) is 11.4 Å². The highest BCUT2D eigenvalue weighted by molar-refractivity contribution is 5.66. The van der Waals surface area contributed by atoms with Crippen LogP contribution < -0.4 is 20.5 Å². The maximum atomic E-state index is 5.99. The molecular formula is C17H20N2O2. The standard InChI is InChI=1S/C17H20N2O2/c1-12-2-4-15(14(18)10-12)19-7-6-13-3-5-16-17(11-13)21-9-8-20-16/h2-5,10-11,19H,6-9,18H2,1H3. The summed E-state index contributed by atoms with van der Waals surface area (Å²) in [6.07, 6.45) is 0.907. The lowest BCUT2D eigenvalue weighted by molar-refractivity contribution is 0.171. The Morgan fingerprint density at radius 3 is 2.67 bits per heavy atom. The van der Waals surface area contributed by atoms with E-state index in [9.17, 15) is 0 Å². The van der Waals surface area contributed by atoms with Crippen LogP contribution in [0.15, 0.2) is 36.4 Å². The van der Waals surface area contributed by atoms with E-state index in [0.29, 0.717) is 13.2 Å². The molecule has 0 atom stereocenters.